The molecular formula is C14H26OSiTi. The summed E-state index contributed by atoms with van der Waals surface area (Å²) in [5.74, 6) is 0. The van der Waals surface area contributed by atoms with Crippen molar-refractivity contribution >= 4 is 8.32 Å². The van der Waals surface area contributed by atoms with E-state index in [1.54, 1.807) is 3.88 Å². The van der Waals surface area contributed by atoms with Gasteiger partial charge in [-0.1, -0.05) is 0 Å². The average molecular weight is 286 g/mol. The Morgan fingerprint density at radius 3 is 1.94 bits per heavy atom. The van der Waals surface area contributed by atoms with Gasteiger partial charge in [-0.25, -0.2) is 0 Å². The maximum absolute atomic E-state index is 6.65. The van der Waals surface area contributed by atoms with Gasteiger partial charge in [0.2, 0.25) is 0 Å². The monoisotopic (exact) mass is 286 g/mol. The van der Waals surface area contributed by atoms with Crippen molar-refractivity contribution in [2.45, 2.75) is 64.6 Å². The van der Waals surface area contributed by atoms with Crippen LogP contribution in [-0.4, -0.2) is 8.32 Å². The van der Waals surface area contributed by atoms with E-state index in [4.69, 9.17) is 3.01 Å². The van der Waals surface area contributed by atoms with Crippen molar-refractivity contribution in [3.63, 3.8) is 0 Å². The Bertz CT molecular complexity index is 284. The van der Waals surface area contributed by atoms with Crippen LogP contribution in [0.4, 0.5) is 0 Å². The molecule has 0 saturated carbocycles. The zero-order chi connectivity index (χ0) is 13.1. The maximum atomic E-state index is 6.65. The molecule has 0 fully saturated rings. The fraction of sp³-hybridized carbons (Fsp3) is 0.714. The zero-order valence-corrected chi connectivity index (χ0v) is 14.6. The van der Waals surface area contributed by atoms with Crippen molar-refractivity contribution in [3.8, 4) is 0 Å². The topological polar surface area (TPSA) is 9.23 Å². The van der Waals surface area contributed by atoms with Crippen LogP contribution in [0.1, 0.15) is 48.0 Å². The summed E-state index contributed by atoms with van der Waals surface area (Å²) in [6.45, 7) is 14.2. The first-order chi connectivity index (χ1) is 7.91. The van der Waals surface area contributed by atoms with Crippen LogP contribution in [0.15, 0.2) is 22.1 Å². The second-order valence-electron chi connectivity index (χ2n) is 5.85. The molecule has 1 aliphatic carbocycles. The number of hydrogen-bond donors (Lipinski definition) is 0. The molecule has 0 aliphatic heterocycles. The summed E-state index contributed by atoms with van der Waals surface area (Å²) >= 11 is -0.352. The minimum atomic E-state index is -1.61. The van der Waals surface area contributed by atoms with Gasteiger partial charge in [0.15, 0.2) is 0 Å². The molecule has 0 N–H and O–H groups in total. The van der Waals surface area contributed by atoms with Crippen molar-refractivity contribution in [2.75, 3.05) is 0 Å². The number of allylic oxidation sites excluding steroid dienone is 4. The minimum absolute atomic E-state index is 0.352. The standard InChI is InChI=1S/C9H21OSi.C5H5.Ti/c1-7(2)11(10,8(3)4)9(5)6;1-2-4-5-3-1;/h7-9H,1-6H3;1-3H,4H2;/q-1;;+1. The average Bonchev–Trinajstić information content (AvgIpc) is 2.69. The van der Waals surface area contributed by atoms with Gasteiger partial charge in [0.1, 0.15) is 0 Å². The molecule has 0 aromatic heterocycles. The summed E-state index contributed by atoms with van der Waals surface area (Å²) in [7, 11) is -1.61. The third kappa shape index (κ3) is 3.44. The first-order valence-electron chi connectivity index (χ1n) is 6.71. The van der Waals surface area contributed by atoms with Crippen molar-refractivity contribution in [1.82, 2.24) is 0 Å². The molecule has 0 unspecified atom stereocenters. The van der Waals surface area contributed by atoms with Gasteiger partial charge in [-0.2, -0.15) is 0 Å². The first kappa shape index (κ1) is 15.4. The molecule has 0 radical (unpaired) electrons. The fourth-order valence-corrected chi connectivity index (χ4v) is 13.4. The molecule has 0 aromatic carbocycles. The second kappa shape index (κ2) is 6.51. The fourth-order valence-electron chi connectivity index (χ4n) is 3.03. The zero-order valence-electron chi connectivity index (χ0n) is 12.1. The van der Waals surface area contributed by atoms with E-state index in [2.05, 4.69) is 59.8 Å². The van der Waals surface area contributed by atoms with Gasteiger partial charge in [0, 0.05) is 0 Å². The molecule has 3 heteroatoms. The van der Waals surface area contributed by atoms with Crippen LogP contribution in [0, 0.1) is 0 Å². The molecule has 1 rings (SSSR count). The third-order valence-corrected chi connectivity index (χ3v) is 12.8. The Morgan fingerprint density at radius 2 is 1.59 bits per heavy atom. The normalized spacial score (nSPS) is 16.2. The van der Waals surface area contributed by atoms with Crippen LogP contribution >= 0.6 is 0 Å². The predicted octanol–water partition coefficient (Wildman–Crippen LogP) is 5.02. The van der Waals surface area contributed by atoms with Gasteiger partial charge in [-0.05, 0) is 0 Å². The van der Waals surface area contributed by atoms with Crippen LogP contribution in [0.2, 0.25) is 16.6 Å². The molecule has 0 atom stereocenters. The van der Waals surface area contributed by atoms with E-state index in [-0.39, 0.29) is 19.5 Å². The van der Waals surface area contributed by atoms with Crippen molar-refractivity contribution in [2.24, 2.45) is 0 Å². The Labute approximate surface area is 117 Å². The molecule has 0 heterocycles. The van der Waals surface area contributed by atoms with Crippen molar-refractivity contribution < 1.29 is 22.5 Å². The Hall–Kier alpha value is 0.371. The number of rotatable bonds is 6. The predicted molar refractivity (Wildman–Crippen MR) is 74.0 cm³/mol. The van der Waals surface area contributed by atoms with Gasteiger partial charge >= 0.3 is 118 Å². The van der Waals surface area contributed by atoms with Crippen molar-refractivity contribution in [1.29, 1.82) is 0 Å². The van der Waals surface area contributed by atoms with E-state index in [0.717, 1.165) is 6.42 Å². The molecule has 0 saturated heterocycles. The van der Waals surface area contributed by atoms with Crippen LogP contribution in [0.3, 0.4) is 0 Å². The van der Waals surface area contributed by atoms with E-state index in [1.165, 1.54) is 0 Å². The van der Waals surface area contributed by atoms with E-state index in [1.807, 2.05) is 0 Å². The first-order valence-corrected chi connectivity index (χ1v) is 10.3. The van der Waals surface area contributed by atoms with Crippen molar-refractivity contribution in [3.05, 3.63) is 22.1 Å². The molecule has 17 heavy (non-hydrogen) atoms. The second-order valence-corrected chi connectivity index (χ2v) is 13.5. The SMILES string of the molecule is CC(C)[Si]([O][Ti][C]1=CC=CC1)(C(C)C)C(C)C. The summed E-state index contributed by atoms with van der Waals surface area (Å²) in [6.07, 6.45) is 7.82. The van der Waals surface area contributed by atoms with E-state index in [9.17, 15) is 0 Å². The summed E-state index contributed by atoms with van der Waals surface area (Å²) in [4.78, 5) is 0. The van der Waals surface area contributed by atoms with E-state index < -0.39 is 8.32 Å². The van der Waals surface area contributed by atoms with Gasteiger partial charge < -0.3 is 0 Å². The van der Waals surface area contributed by atoms with Crippen LogP contribution in [-0.2, 0) is 22.5 Å². The molecule has 0 aromatic rings. The summed E-state index contributed by atoms with van der Waals surface area (Å²) in [6, 6.07) is 0. The Morgan fingerprint density at radius 1 is 1.06 bits per heavy atom. The van der Waals surface area contributed by atoms with Crippen LogP contribution < -0.4 is 0 Å². The van der Waals surface area contributed by atoms with Gasteiger partial charge in [0.25, 0.3) is 0 Å². The third-order valence-electron chi connectivity index (χ3n) is 3.84. The number of hydrogen-bond acceptors (Lipinski definition) is 1. The molecule has 1 nitrogen and oxygen atoms in total. The molecule has 1 aliphatic rings. The molecule has 0 bridgehead atoms. The van der Waals surface area contributed by atoms with Gasteiger partial charge in [-0.3, -0.25) is 0 Å². The summed E-state index contributed by atoms with van der Waals surface area (Å²) in [5.41, 5.74) is 2.13. The summed E-state index contributed by atoms with van der Waals surface area (Å²) in [5, 5.41) is 0. The van der Waals surface area contributed by atoms with E-state index in [0.29, 0.717) is 16.6 Å². The van der Waals surface area contributed by atoms with Crippen LogP contribution in [0.25, 0.3) is 0 Å². The molecule has 0 amide bonds. The van der Waals surface area contributed by atoms with Crippen LogP contribution in [0.5, 0.6) is 0 Å². The molecule has 0 spiro atoms. The molecular weight excluding hydrogens is 260 g/mol. The van der Waals surface area contributed by atoms with E-state index >= 15 is 0 Å². The Kier molecular flexibility index (Phi) is 5.91. The Balaban J connectivity index is 2.75. The van der Waals surface area contributed by atoms with Gasteiger partial charge in [0.05, 0.1) is 0 Å². The van der Waals surface area contributed by atoms with Gasteiger partial charge in [-0.15, -0.1) is 0 Å². The molecule has 96 valence electrons. The quantitative estimate of drug-likeness (QED) is 0.623. The summed E-state index contributed by atoms with van der Waals surface area (Å²) < 4.78 is 8.21.